The van der Waals surface area contributed by atoms with Crippen molar-refractivity contribution in [3.05, 3.63) is 16.6 Å². The van der Waals surface area contributed by atoms with E-state index in [1.165, 1.54) is 12.8 Å². The van der Waals surface area contributed by atoms with Gasteiger partial charge in [0.1, 0.15) is 13.2 Å². The molecule has 0 bridgehead atoms. The minimum atomic E-state index is 0.476. The predicted octanol–water partition coefficient (Wildman–Crippen LogP) is 5.09. The number of rotatable bonds is 6. The second-order valence-corrected chi connectivity index (χ2v) is 7.43. The Morgan fingerprint density at radius 2 is 1.52 bits per heavy atom. The summed E-state index contributed by atoms with van der Waals surface area (Å²) >= 11 is 3.64. The molecule has 0 amide bonds. The van der Waals surface area contributed by atoms with Gasteiger partial charge in [-0.1, -0.05) is 27.7 Å². The number of hydrogen-bond donors (Lipinski definition) is 1. The molecule has 0 aliphatic carbocycles. The third-order valence-electron chi connectivity index (χ3n) is 3.50. The lowest BCUT2D eigenvalue weighted by molar-refractivity contribution is 0.171. The van der Waals surface area contributed by atoms with Gasteiger partial charge in [0.15, 0.2) is 11.5 Å². The first-order valence-electron chi connectivity index (χ1n) is 7.81. The highest BCUT2D eigenvalue weighted by Gasteiger charge is 2.18. The molecule has 0 aromatic heterocycles. The second-order valence-electron chi connectivity index (χ2n) is 6.58. The Hall–Kier alpha value is -0.900. The maximum Gasteiger partial charge on any atom is 0.163 e. The molecule has 1 aromatic rings. The molecule has 2 rings (SSSR count). The first-order chi connectivity index (χ1) is 9.95. The normalized spacial score (nSPS) is 14.1. The third kappa shape index (κ3) is 4.80. The van der Waals surface area contributed by atoms with Crippen LogP contribution in [0.3, 0.4) is 0 Å². The van der Waals surface area contributed by atoms with Gasteiger partial charge in [0.25, 0.3) is 0 Å². The van der Waals surface area contributed by atoms with Crippen LogP contribution in [-0.4, -0.2) is 19.3 Å². The van der Waals surface area contributed by atoms with E-state index in [9.17, 15) is 0 Å². The fraction of sp³-hybridized carbons (Fsp3) is 0.647. The first kappa shape index (κ1) is 16.5. The smallest absolute Gasteiger partial charge is 0.163 e. The lowest BCUT2D eigenvalue weighted by Crippen LogP contribution is -2.24. The SMILES string of the molecule is CC(C)CC(CC(C)C)Nc1cc2c(cc1Br)OCCO2. The van der Waals surface area contributed by atoms with Crippen LogP contribution < -0.4 is 14.8 Å². The molecule has 1 heterocycles. The van der Waals surface area contributed by atoms with Crippen LogP contribution >= 0.6 is 15.9 Å². The highest BCUT2D eigenvalue weighted by Crippen LogP contribution is 2.38. The van der Waals surface area contributed by atoms with Crippen molar-refractivity contribution in [2.24, 2.45) is 11.8 Å². The molecule has 1 N–H and O–H groups in total. The molecule has 1 aromatic carbocycles. The first-order valence-corrected chi connectivity index (χ1v) is 8.60. The Kier molecular flexibility index (Phi) is 5.80. The molecule has 118 valence electrons. The molecule has 0 saturated heterocycles. The van der Waals surface area contributed by atoms with E-state index < -0.39 is 0 Å². The Labute approximate surface area is 136 Å². The number of halogens is 1. The summed E-state index contributed by atoms with van der Waals surface area (Å²) in [5.74, 6) is 3.01. The predicted molar refractivity (Wildman–Crippen MR) is 91.5 cm³/mol. The van der Waals surface area contributed by atoms with Gasteiger partial charge < -0.3 is 14.8 Å². The number of fused-ring (bicyclic) bond motifs is 1. The molecule has 4 heteroatoms. The molecule has 21 heavy (non-hydrogen) atoms. The molecule has 3 nitrogen and oxygen atoms in total. The van der Waals surface area contributed by atoms with E-state index in [1.807, 2.05) is 12.1 Å². The largest absolute Gasteiger partial charge is 0.486 e. The quantitative estimate of drug-likeness (QED) is 0.770. The van der Waals surface area contributed by atoms with Gasteiger partial charge >= 0.3 is 0 Å². The Bertz CT molecular complexity index is 464. The van der Waals surface area contributed by atoms with Crippen molar-refractivity contribution < 1.29 is 9.47 Å². The van der Waals surface area contributed by atoms with Crippen molar-refractivity contribution in [3.63, 3.8) is 0 Å². The average Bonchev–Trinajstić information content (AvgIpc) is 2.38. The van der Waals surface area contributed by atoms with Gasteiger partial charge in [0, 0.05) is 22.6 Å². The molecule has 0 atom stereocenters. The van der Waals surface area contributed by atoms with Crippen molar-refractivity contribution in [1.82, 2.24) is 0 Å². The summed E-state index contributed by atoms with van der Waals surface area (Å²) in [6.07, 6.45) is 2.33. The third-order valence-corrected chi connectivity index (χ3v) is 4.16. The van der Waals surface area contributed by atoms with Gasteiger partial charge in [-0.15, -0.1) is 0 Å². The number of benzene rings is 1. The summed E-state index contributed by atoms with van der Waals surface area (Å²) in [7, 11) is 0. The second kappa shape index (κ2) is 7.39. The van der Waals surface area contributed by atoms with Gasteiger partial charge in [0.05, 0.1) is 5.69 Å². The van der Waals surface area contributed by atoms with Crippen LogP contribution in [0, 0.1) is 11.8 Å². The maximum atomic E-state index is 5.68. The standard InChI is InChI=1S/C17H26BrNO2/c1-11(2)7-13(8-12(3)4)19-15-10-17-16(9-14(15)18)20-5-6-21-17/h9-13,19H,5-8H2,1-4H3. The van der Waals surface area contributed by atoms with Crippen LogP contribution in [0.4, 0.5) is 5.69 Å². The minimum Gasteiger partial charge on any atom is -0.486 e. The average molecular weight is 356 g/mol. The van der Waals surface area contributed by atoms with Crippen molar-refractivity contribution in [3.8, 4) is 11.5 Å². The van der Waals surface area contributed by atoms with Crippen LogP contribution in [0.25, 0.3) is 0 Å². The van der Waals surface area contributed by atoms with Crippen molar-refractivity contribution in [2.45, 2.75) is 46.6 Å². The molecular weight excluding hydrogens is 330 g/mol. The Morgan fingerprint density at radius 3 is 2.05 bits per heavy atom. The zero-order valence-electron chi connectivity index (χ0n) is 13.4. The molecule has 0 radical (unpaired) electrons. The maximum absolute atomic E-state index is 5.68. The fourth-order valence-electron chi connectivity index (χ4n) is 2.75. The molecule has 1 aliphatic rings. The Balaban J connectivity index is 2.15. The summed E-state index contributed by atoms with van der Waals surface area (Å²) in [5, 5.41) is 3.68. The van der Waals surface area contributed by atoms with Gasteiger partial charge in [-0.25, -0.2) is 0 Å². The van der Waals surface area contributed by atoms with Gasteiger partial charge in [-0.05, 0) is 40.6 Å². The van der Waals surface area contributed by atoms with E-state index in [4.69, 9.17) is 9.47 Å². The van der Waals surface area contributed by atoms with Crippen LogP contribution in [0.1, 0.15) is 40.5 Å². The molecular formula is C17H26BrNO2. The van der Waals surface area contributed by atoms with Gasteiger partial charge in [-0.2, -0.15) is 0 Å². The summed E-state index contributed by atoms with van der Waals surface area (Å²) in [6.45, 7) is 10.3. The minimum absolute atomic E-state index is 0.476. The number of hydrogen-bond acceptors (Lipinski definition) is 3. The molecule has 1 aliphatic heterocycles. The topological polar surface area (TPSA) is 30.5 Å². The molecule has 0 spiro atoms. The molecule has 0 unspecified atom stereocenters. The van der Waals surface area contributed by atoms with Crippen LogP contribution in [0.5, 0.6) is 11.5 Å². The van der Waals surface area contributed by atoms with Crippen molar-refractivity contribution in [1.29, 1.82) is 0 Å². The van der Waals surface area contributed by atoms with Crippen LogP contribution in [0.2, 0.25) is 0 Å². The highest BCUT2D eigenvalue weighted by molar-refractivity contribution is 9.10. The summed E-state index contributed by atoms with van der Waals surface area (Å²) in [5.41, 5.74) is 1.09. The summed E-state index contributed by atoms with van der Waals surface area (Å²) in [4.78, 5) is 0. The summed E-state index contributed by atoms with van der Waals surface area (Å²) < 4.78 is 12.3. The van der Waals surface area contributed by atoms with Gasteiger partial charge in [0.2, 0.25) is 0 Å². The van der Waals surface area contributed by atoms with E-state index in [0.717, 1.165) is 21.7 Å². The van der Waals surface area contributed by atoms with E-state index in [2.05, 4.69) is 48.9 Å². The lowest BCUT2D eigenvalue weighted by atomic mass is 9.95. The van der Waals surface area contributed by atoms with Crippen molar-refractivity contribution in [2.75, 3.05) is 18.5 Å². The summed E-state index contributed by atoms with van der Waals surface area (Å²) in [6, 6.07) is 4.52. The molecule has 0 fully saturated rings. The number of ether oxygens (including phenoxy) is 2. The monoisotopic (exact) mass is 355 g/mol. The zero-order valence-corrected chi connectivity index (χ0v) is 15.0. The van der Waals surface area contributed by atoms with Crippen LogP contribution in [-0.2, 0) is 0 Å². The lowest BCUT2D eigenvalue weighted by Gasteiger charge is -2.26. The van der Waals surface area contributed by atoms with E-state index in [1.54, 1.807) is 0 Å². The molecule has 0 saturated carbocycles. The fourth-order valence-corrected chi connectivity index (χ4v) is 3.18. The van der Waals surface area contributed by atoms with Crippen molar-refractivity contribution >= 4 is 21.6 Å². The number of anilines is 1. The van der Waals surface area contributed by atoms with Gasteiger partial charge in [-0.3, -0.25) is 0 Å². The zero-order chi connectivity index (χ0) is 15.4. The number of nitrogens with one attached hydrogen (secondary N) is 1. The highest BCUT2D eigenvalue weighted by atomic mass is 79.9. The Morgan fingerprint density at radius 1 is 1.00 bits per heavy atom. The van der Waals surface area contributed by atoms with E-state index in [-0.39, 0.29) is 0 Å². The van der Waals surface area contributed by atoms with E-state index in [0.29, 0.717) is 31.1 Å². The van der Waals surface area contributed by atoms with E-state index >= 15 is 0 Å². The van der Waals surface area contributed by atoms with Crippen LogP contribution in [0.15, 0.2) is 16.6 Å².